The Kier molecular flexibility index (Phi) is 7.85. The van der Waals surface area contributed by atoms with Crippen molar-refractivity contribution in [2.45, 2.75) is 19.3 Å². The lowest BCUT2D eigenvalue weighted by Crippen LogP contribution is -1.91. The molecule has 0 amide bonds. The Balaban J connectivity index is 2.60. The van der Waals surface area contributed by atoms with Crippen LogP contribution in [-0.2, 0) is 9.47 Å². The molecular formula is C7H16O2. The molecule has 0 radical (unpaired) electrons. The van der Waals surface area contributed by atoms with Crippen LogP contribution in [0.25, 0.3) is 0 Å². The molecule has 0 aliphatic heterocycles. The maximum absolute atomic E-state index is 4.88. The summed E-state index contributed by atoms with van der Waals surface area (Å²) in [6, 6.07) is 0. The summed E-state index contributed by atoms with van der Waals surface area (Å²) in [5.74, 6) is 0. The van der Waals surface area contributed by atoms with Crippen molar-refractivity contribution in [1.82, 2.24) is 0 Å². The van der Waals surface area contributed by atoms with E-state index < -0.39 is 0 Å². The lowest BCUT2D eigenvalue weighted by atomic mass is 10.2. The third-order valence-corrected chi connectivity index (χ3v) is 1.20. The fourth-order valence-electron chi connectivity index (χ4n) is 0.670. The van der Waals surface area contributed by atoms with Crippen LogP contribution in [0.15, 0.2) is 0 Å². The van der Waals surface area contributed by atoms with Gasteiger partial charge in [-0.15, -0.1) is 0 Å². The van der Waals surface area contributed by atoms with Crippen LogP contribution in [0.2, 0.25) is 0 Å². The van der Waals surface area contributed by atoms with Crippen LogP contribution < -0.4 is 0 Å². The Morgan fingerprint density at radius 1 is 0.778 bits per heavy atom. The molecule has 0 spiro atoms. The molecule has 56 valence electrons. The first kappa shape index (κ1) is 8.92. The number of methoxy groups -OCH3 is 2. The summed E-state index contributed by atoms with van der Waals surface area (Å²) in [4.78, 5) is 0. The molecule has 0 heterocycles. The summed E-state index contributed by atoms with van der Waals surface area (Å²) >= 11 is 0. The van der Waals surface area contributed by atoms with Crippen molar-refractivity contribution in [2.75, 3.05) is 27.4 Å². The zero-order chi connectivity index (χ0) is 6.95. The molecule has 0 bridgehead atoms. The maximum Gasteiger partial charge on any atom is 0.0462 e. The van der Waals surface area contributed by atoms with Gasteiger partial charge in [0.1, 0.15) is 0 Å². The predicted molar refractivity (Wildman–Crippen MR) is 37.6 cm³/mol. The number of hydrogen-bond donors (Lipinski definition) is 0. The summed E-state index contributed by atoms with van der Waals surface area (Å²) in [7, 11) is 3.46. The maximum atomic E-state index is 4.88. The average Bonchev–Trinajstić information content (AvgIpc) is 1.89. The third-order valence-electron chi connectivity index (χ3n) is 1.20. The zero-order valence-corrected chi connectivity index (χ0v) is 6.35. The summed E-state index contributed by atoms with van der Waals surface area (Å²) in [5.41, 5.74) is 0. The van der Waals surface area contributed by atoms with Gasteiger partial charge in [0.2, 0.25) is 0 Å². The van der Waals surface area contributed by atoms with E-state index in [0.29, 0.717) is 0 Å². The Morgan fingerprint density at radius 3 is 1.56 bits per heavy atom. The van der Waals surface area contributed by atoms with E-state index in [1.807, 2.05) is 0 Å². The van der Waals surface area contributed by atoms with Gasteiger partial charge >= 0.3 is 0 Å². The molecule has 2 heteroatoms. The topological polar surface area (TPSA) is 18.5 Å². The fraction of sp³-hybridized carbons (Fsp3) is 1.00. The predicted octanol–water partition coefficient (Wildman–Crippen LogP) is 1.45. The van der Waals surface area contributed by atoms with Gasteiger partial charge in [-0.1, -0.05) is 0 Å². The summed E-state index contributed by atoms with van der Waals surface area (Å²) in [5, 5.41) is 0. The van der Waals surface area contributed by atoms with Crippen LogP contribution in [0.1, 0.15) is 19.3 Å². The van der Waals surface area contributed by atoms with Gasteiger partial charge in [0, 0.05) is 27.4 Å². The van der Waals surface area contributed by atoms with E-state index in [2.05, 4.69) is 0 Å². The second kappa shape index (κ2) is 7.92. The lowest BCUT2D eigenvalue weighted by molar-refractivity contribution is 0.173. The monoisotopic (exact) mass is 132 g/mol. The van der Waals surface area contributed by atoms with Crippen molar-refractivity contribution in [3.63, 3.8) is 0 Å². The Hall–Kier alpha value is -0.0800. The highest BCUT2D eigenvalue weighted by Gasteiger charge is 1.85. The van der Waals surface area contributed by atoms with E-state index in [9.17, 15) is 0 Å². The molecule has 0 saturated carbocycles. The molecule has 0 aliphatic carbocycles. The zero-order valence-electron chi connectivity index (χ0n) is 6.35. The van der Waals surface area contributed by atoms with Crippen LogP contribution in [0.3, 0.4) is 0 Å². The minimum atomic E-state index is 0.879. The molecule has 2 nitrogen and oxygen atoms in total. The largest absolute Gasteiger partial charge is 0.385 e. The van der Waals surface area contributed by atoms with E-state index in [1.165, 1.54) is 6.42 Å². The second-order valence-electron chi connectivity index (χ2n) is 2.05. The Labute approximate surface area is 57.2 Å². The third kappa shape index (κ3) is 7.92. The van der Waals surface area contributed by atoms with E-state index >= 15 is 0 Å². The van der Waals surface area contributed by atoms with Crippen molar-refractivity contribution in [3.05, 3.63) is 0 Å². The van der Waals surface area contributed by atoms with Crippen molar-refractivity contribution >= 4 is 0 Å². The van der Waals surface area contributed by atoms with Crippen molar-refractivity contribution in [3.8, 4) is 0 Å². The SMILES string of the molecule is COCCCCCOC. The van der Waals surface area contributed by atoms with Gasteiger partial charge < -0.3 is 9.47 Å². The summed E-state index contributed by atoms with van der Waals surface area (Å²) in [6.07, 6.45) is 3.52. The highest BCUT2D eigenvalue weighted by Crippen LogP contribution is 1.94. The van der Waals surface area contributed by atoms with Crippen molar-refractivity contribution in [1.29, 1.82) is 0 Å². The molecule has 0 aliphatic rings. The van der Waals surface area contributed by atoms with Crippen LogP contribution >= 0.6 is 0 Å². The van der Waals surface area contributed by atoms with Crippen LogP contribution in [0.5, 0.6) is 0 Å². The first-order valence-corrected chi connectivity index (χ1v) is 3.39. The lowest BCUT2D eigenvalue weighted by Gasteiger charge is -1.97. The summed E-state index contributed by atoms with van der Waals surface area (Å²) in [6.45, 7) is 1.76. The van der Waals surface area contributed by atoms with Gasteiger partial charge in [-0.05, 0) is 19.3 Å². The van der Waals surface area contributed by atoms with Crippen LogP contribution in [0, 0.1) is 0 Å². The van der Waals surface area contributed by atoms with E-state index in [1.54, 1.807) is 14.2 Å². The van der Waals surface area contributed by atoms with E-state index in [-0.39, 0.29) is 0 Å². The van der Waals surface area contributed by atoms with Gasteiger partial charge in [0.15, 0.2) is 0 Å². The van der Waals surface area contributed by atoms with Crippen molar-refractivity contribution < 1.29 is 9.47 Å². The molecule has 0 aromatic heterocycles. The highest BCUT2D eigenvalue weighted by atomic mass is 16.5. The van der Waals surface area contributed by atoms with E-state index in [4.69, 9.17) is 9.47 Å². The minimum absolute atomic E-state index is 0.879. The first-order chi connectivity index (χ1) is 4.41. The van der Waals surface area contributed by atoms with Crippen LogP contribution in [0.4, 0.5) is 0 Å². The molecule has 0 fully saturated rings. The quantitative estimate of drug-likeness (QED) is 0.509. The molecule has 0 aromatic carbocycles. The molecule has 0 unspecified atom stereocenters. The van der Waals surface area contributed by atoms with Gasteiger partial charge in [0.25, 0.3) is 0 Å². The van der Waals surface area contributed by atoms with Crippen LogP contribution in [-0.4, -0.2) is 27.4 Å². The number of rotatable bonds is 6. The second-order valence-corrected chi connectivity index (χ2v) is 2.05. The number of ether oxygens (including phenoxy) is 2. The highest BCUT2D eigenvalue weighted by molar-refractivity contribution is 4.38. The first-order valence-electron chi connectivity index (χ1n) is 3.39. The fourth-order valence-corrected chi connectivity index (χ4v) is 0.670. The molecule has 0 N–H and O–H groups in total. The smallest absolute Gasteiger partial charge is 0.0462 e. The number of unbranched alkanes of at least 4 members (excludes halogenated alkanes) is 2. The average molecular weight is 132 g/mol. The standard InChI is InChI=1S/C7H16O2/c1-8-6-4-3-5-7-9-2/h3-7H2,1-2H3. The minimum Gasteiger partial charge on any atom is -0.385 e. The molecule has 0 saturated heterocycles. The number of hydrogen-bond acceptors (Lipinski definition) is 2. The van der Waals surface area contributed by atoms with Gasteiger partial charge in [0.05, 0.1) is 0 Å². The summed E-state index contributed by atoms with van der Waals surface area (Å²) < 4.78 is 9.76. The van der Waals surface area contributed by atoms with Gasteiger partial charge in [-0.25, -0.2) is 0 Å². The molecule has 9 heavy (non-hydrogen) atoms. The van der Waals surface area contributed by atoms with Crippen molar-refractivity contribution in [2.24, 2.45) is 0 Å². The Bertz CT molecular complexity index is 40.2. The Morgan fingerprint density at radius 2 is 1.22 bits per heavy atom. The molecule has 0 rings (SSSR count). The van der Waals surface area contributed by atoms with E-state index in [0.717, 1.165) is 26.1 Å². The normalized spacial score (nSPS) is 10.0. The van der Waals surface area contributed by atoms with Gasteiger partial charge in [-0.2, -0.15) is 0 Å². The molecular weight excluding hydrogens is 116 g/mol. The molecule has 0 aromatic rings. The molecule has 0 atom stereocenters. The van der Waals surface area contributed by atoms with Gasteiger partial charge in [-0.3, -0.25) is 0 Å².